The molecule has 3 nitrogen and oxygen atoms in total. The van der Waals surface area contributed by atoms with Gasteiger partial charge in [-0.2, -0.15) is 0 Å². The molecule has 0 spiro atoms. The first kappa shape index (κ1) is 13.2. The molecule has 4 heteroatoms. The lowest BCUT2D eigenvalue weighted by atomic mass is 10.0. The zero-order valence-electron chi connectivity index (χ0n) is 10.0. The van der Waals surface area contributed by atoms with Crippen molar-refractivity contribution in [3.63, 3.8) is 0 Å². The van der Waals surface area contributed by atoms with Crippen LogP contribution in [0.25, 0.3) is 0 Å². The SMILES string of the molecule is CCCC(NC)c1cccc(S(C)(=O)=O)c1. The topological polar surface area (TPSA) is 46.2 Å². The third kappa shape index (κ3) is 3.32. The Balaban J connectivity index is 3.06. The lowest BCUT2D eigenvalue weighted by Crippen LogP contribution is -2.16. The first-order valence-electron chi connectivity index (χ1n) is 5.46. The smallest absolute Gasteiger partial charge is 0.175 e. The largest absolute Gasteiger partial charge is 0.313 e. The highest BCUT2D eigenvalue weighted by molar-refractivity contribution is 7.90. The Kier molecular flexibility index (Phi) is 4.50. The molecule has 0 heterocycles. The number of sulfone groups is 1. The number of benzene rings is 1. The Morgan fingerprint density at radius 3 is 2.56 bits per heavy atom. The summed E-state index contributed by atoms with van der Waals surface area (Å²) in [5.41, 5.74) is 1.03. The summed E-state index contributed by atoms with van der Waals surface area (Å²) in [5, 5.41) is 3.20. The van der Waals surface area contributed by atoms with Crippen LogP contribution < -0.4 is 5.32 Å². The predicted molar refractivity (Wildman–Crippen MR) is 66.3 cm³/mol. The van der Waals surface area contributed by atoms with Gasteiger partial charge in [0.15, 0.2) is 9.84 Å². The Morgan fingerprint density at radius 2 is 2.06 bits per heavy atom. The molecule has 1 unspecified atom stereocenters. The van der Waals surface area contributed by atoms with E-state index in [9.17, 15) is 8.42 Å². The van der Waals surface area contributed by atoms with Crippen LogP contribution in [0.15, 0.2) is 29.2 Å². The van der Waals surface area contributed by atoms with Gasteiger partial charge in [0.25, 0.3) is 0 Å². The third-order valence-corrected chi connectivity index (χ3v) is 3.72. The second-order valence-corrected chi connectivity index (χ2v) is 5.99. The molecule has 0 saturated carbocycles. The molecule has 1 aromatic rings. The highest BCUT2D eigenvalue weighted by atomic mass is 32.2. The van der Waals surface area contributed by atoms with Gasteiger partial charge in [-0.1, -0.05) is 25.5 Å². The first-order chi connectivity index (χ1) is 7.49. The van der Waals surface area contributed by atoms with E-state index in [1.54, 1.807) is 18.2 Å². The fraction of sp³-hybridized carbons (Fsp3) is 0.500. The van der Waals surface area contributed by atoms with E-state index in [4.69, 9.17) is 0 Å². The van der Waals surface area contributed by atoms with Gasteiger partial charge in [-0.05, 0) is 31.2 Å². The van der Waals surface area contributed by atoms with E-state index >= 15 is 0 Å². The molecular weight excluding hydrogens is 222 g/mol. The molecule has 0 bridgehead atoms. The minimum absolute atomic E-state index is 0.228. The van der Waals surface area contributed by atoms with Gasteiger partial charge in [0.1, 0.15) is 0 Å². The predicted octanol–water partition coefficient (Wildman–Crippen LogP) is 2.15. The summed E-state index contributed by atoms with van der Waals surface area (Å²) >= 11 is 0. The van der Waals surface area contributed by atoms with E-state index < -0.39 is 9.84 Å². The molecule has 0 aromatic heterocycles. The van der Waals surface area contributed by atoms with Gasteiger partial charge in [0.05, 0.1) is 4.90 Å². The molecular formula is C12H19NO2S. The normalized spacial score (nSPS) is 13.7. The Hall–Kier alpha value is -0.870. The van der Waals surface area contributed by atoms with Crippen molar-refractivity contribution in [2.75, 3.05) is 13.3 Å². The van der Waals surface area contributed by atoms with Crippen molar-refractivity contribution in [2.45, 2.75) is 30.7 Å². The molecule has 1 rings (SSSR count). The average molecular weight is 241 g/mol. The van der Waals surface area contributed by atoms with Crippen LogP contribution in [0.2, 0.25) is 0 Å². The molecule has 1 atom stereocenters. The second kappa shape index (κ2) is 5.46. The summed E-state index contributed by atoms with van der Waals surface area (Å²) in [6.07, 6.45) is 3.30. The van der Waals surface area contributed by atoms with Crippen molar-refractivity contribution in [3.05, 3.63) is 29.8 Å². The molecule has 0 aliphatic carbocycles. The van der Waals surface area contributed by atoms with Crippen LogP contribution in [-0.4, -0.2) is 21.7 Å². The molecule has 0 fully saturated rings. The molecule has 0 aliphatic rings. The minimum Gasteiger partial charge on any atom is -0.313 e. The van der Waals surface area contributed by atoms with Gasteiger partial charge < -0.3 is 5.32 Å². The Bertz CT molecular complexity index is 440. The van der Waals surface area contributed by atoms with E-state index in [2.05, 4.69) is 12.2 Å². The lowest BCUT2D eigenvalue weighted by Gasteiger charge is -2.16. The fourth-order valence-corrected chi connectivity index (χ4v) is 2.40. The van der Waals surface area contributed by atoms with Crippen LogP contribution in [0.5, 0.6) is 0 Å². The fourth-order valence-electron chi connectivity index (χ4n) is 1.73. The van der Waals surface area contributed by atoms with Crippen molar-refractivity contribution in [1.29, 1.82) is 0 Å². The maximum atomic E-state index is 11.4. The molecule has 90 valence electrons. The highest BCUT2D eigenvalue weighted by Crippen LogP contribution is 2.21. The minimum atomic E-state index is -3.11. The van der Waals surface area contributed by atoms with E-state index in [0.29, 0.717) is 4.90 Å². The van der Waals surface area contributed by atoms with E-state index in [0.717, 1.165) is 18.4 Å². The second-order valence-electron chi connectivity index (χ2n) is 3.97. The van der Waals surface area contributed by atoms with E-state index in [1.807, 2.05) is 13.1 Å². The Labute approximate surface area is 97.8 Å². The van der Waals surface area contributed by atoms with E-state index in [1.165, 1.54) is 6.26 Å². The van der Waals surface area contributed by atoms with Crippen LogP contribution in [-0.2, 0) is 9.84 Å². The molecule has 0 saturated heterocycles. The average Bonchev–Trinajstić information content (AvgIpc) is 2.25. The third-order valence-electron chi connectivity index (χ3n) is 2.61. The summed E-state index contributed by atoms with van der Waals surface area (Å²) in [4.78, 5) is 0.390. The number of hydrogen-bond donors (Lipinski definition) is 1. The van der Waals surface area contributed by atoms with Crippen molar-refractivity contribution in [1.82, 2.24) is 5.32 Å². The van der Waals surface area contributed by atoms with E-state index in [-0.39, 0.29) is 6.04 Å². The van der Waals surface area contributed by atoms with Gasteiger partial charge in [0, 0.05) is 12.3 Å². The molecule has 1 aromatic carbocycles. The maximum absolute atomic E-state index is 11.4. The summed E-state index contributed by atoms with van der Waals surface area (Å²) < 4.78 is 22.9. The zero-order valence-corrected chi connectivity index (χ0v) is 10.8. The summed E-state index contributed by atoms with van der Waals surface area (Å²) in [6, 6.07) is 7.38. The van der Waals surface area contributed by atoms with Crippen LogP contribution in [0.1, 0.15) is 31.4 Å². The molecule has 0 aliphatic heterocycles. The lowest BCUT2D eigenvalue weighted by molar-refractivity contribution is 0.540. The van der Waals surface area contributed by atoms with Gasteiger partial charge in [-0.25, -0.2) is 8.42 Å². The van der Waals surface area contributed by atoms with Crippen molar-refractivity contribution < 1.29 is 8.42 Å². The highest BCUT2D eigenvalue weighted by Gasteiger charge is 2.12. The quantitative estimate of drug-likeness (QED) is 0.859. The van der Waals surface area contributed by atoms with Gasteiger partial charge in [0.2, 0.25) is 0 Å². The summed E-state index contributed by atoms with van der Waals surface area (Å²) in [6.45, 7) is 2.12. The van der Waals surface area contributed by atoms with Crippen molar-refractivity contribution in [3.8, 4) is 0 Å². The van der Waals surface area contributed by atoms with Gasteiger partial charge in [-0.15, -0.1) is 0 Å². The van der Waals surface area contributed by atoms with Crippen molar-refractivity contribution in [2.24, 2.45) is 0 Å². The monoisotopic (exact) mass is 241 g/mol. The summed E-state index contributed by atoms with van der Waals surface area (Å²) in [7, 11) is -1.21. The van der Waals surface area contributed by atoms with Crippen LogP contribution in [0.4, 0.5) is 0 Å². The number of nitrogens with one attached hydrogen (secondary N) is 1. The molecule has 1 N–H and O–H groups in total. The van der Waals surface area contributed by atoms with Crippen LogP contribution >= 0.6 is 0 Å². The Morgan fingerprint density at radius 1 is 1.38 bits per heavy atom. The molecule has 16 heavy (non-hydrogen) atoms. The number of hydrogen-bond acceptors (Lipinski definition) is 3. The van der Waals surface area contributed by atoms with Crippen LogP contribution in [0.3, 0.4) is 0 Å². The first-order valence-corrected chi connectivity index (χ1v) is 7.35. The van der Waals surface area contributed by atoms with Crippen molar-refractivity contribution >= 4 is 9.84 Å². The molecule has 0 amide bonds. The summed E-state index contributed by atoms with van der Waals surface area (Å²) in [5.74, 6) is 0. The van der Waals surface area contributed by atoms with Gasteiger partial charge in [-0.3, -0.25) is 0 Å². The maximum Gasteiger partial charge on any atom is 0.175 e. The molecule has 0 radical (unpaired) electrons. The standard InChI is InChI=1S/C12H19NO2S/c1-4-6-12(13-2)10-7-5-8-11(9-10)16(3,14)15/h5,7-9,12-13H,4,6H2,1-3H3. The van der Waals surface area contributed by atoms with Crippen LogP contribution in [0, 0.1) is 0 Å². The number of rotatable bonds is 5. The zero-order chi connectivity index (χ0) is 12.2. The van der Waals surface area contributed by atoms with Gasteiger partial charge >= 0.3 is 0 Å².